The summed E-state index contributed by atoms with van der Waals surface area (Å²) < 4.78 is 0. The van der Waals surface area contributed by atoms with Crippen LogP contribution in [-0.2, 0) is 0 Å². The van der Waals surface area contributed by atoms with E-state index in [1.807, 2.05) is 19.1 Å². The van der Waals surface area contributed by atoms with Crippen molar-refractivity contribution >= 4 is 29.1 Å². The van der Waals surface area contributed by atoms with Gasteiger partial charge in [0.1, 0.15) is 5.82 Å². The van der Waals surface area contributed by atoms with Crippen molar-refractivity contribution in [1.82, 2.24) is 10.3 Å². The zero-order chi connectivity index (χ0) is 22.8. The van der Waals surface area contributed by atoms with E-state index in [0.717, 1.165) is 31.5 Å². The molecule has 8 nitrogen and oxygen atoms in total. The van der Waals surface area contributed by atoms with Crippen LogP contribution in [0.1, 0.15) is 70.6 Å². The molecule has 1 aromatic heterocycles. The van der Waals surface area contributed by atoms with Gasteiger partial charge < -0.3 is 21.3 Å². The molecule has 2 aliphatic rings. The SMILES string of the molecule is CCNc1cc(C(=O)NC2C[C@H]3CC[C@@H](C2)N3c2ccc(C(C)=O)cn2)ccc1C(N)=O. The molecule has 2 bridgehead atoms. The quantitative estimate of drug-likeness (QED) is 0.576. The molecule has 4 rings (SSSR count). The molecule has 4 N–H and O–H groups in total. The molecule has 0 aliphatic carbocycles. The molecular formula is C24H29N5O3. The number of aromatic nitrogens is 1. The van der Waals surface area contributed by atoms with Crippen LogP contribution in [0.3, 0.4) is 0 Å². The van der Waals surface area contributed by atoms with Crippen LogP contribution in [0.5, 0.6) is 0 Å². The minimum absolute atomic E-state index is 0.00889. The van der Waals surface area contributed by atoms with Gasteiger partial charge in [0, 0.05) is 47.7 Å². The van der Waals surface area contributed by atoms with Gasteiger partial charge in [-0.2, -0.15) is 0 Å². The fraction of sp³-hybridized carbons (Fsp3) is 0.417. The monoisotopic (exact) mass is 435 g/mol. The number of hydrogen-bond donors (Lipinski definition) is 3. The van der Waals surface area contributed by atoms with E-state index in [1.54, 1.807) is 24.4 Å². The lowest BCUT2D eigenvalue weighted by Gasteiger charge is -2.40. The number of hydrogen-bond acceptors (Lipinski definition) is 6. The first-order valence-corrected chi connectivity index (χ1v) is 11.1. The van der Waals surface area contributed by atoms with Gasteiger partial charge in [-0.15, -0.1) is 0 Å². The highest BCUT2D eigenvalue weighted by Gasteiger charge is 2.41. The van der Waals surface area contributed by atoms with Gasteiger partial charge in [-0.25, -0.2) is 4.98 Å². The fourth-order valence-electron chi connectivity index (χ4n) is 4.92. The van der Waals surface area contributed by atoms with E-state index >= 15 is 0 Å². The number of anilines is 2. The Morgan fingerprint density at radius 1 is 1.09 bits per heavy atom. The van der Waals surface area contributed by atoms with Crippen molar-refractivity contribution in [2.75, 3.05) is 16.8 Å². The Bertz CT molecular complexity index is 1020. The van der Waals surface area contributed by atoms with E-state index in [2.05, 4.69) is 20.5 Å². The standard InChI is InChI=1S/C24H29N5O3/c1-3-26-21-10-15(4-8-20(21)23(25)31)24(32)28-17-11-18-6-7-19(12-17)29(18)22-9-5-16(13-27-22)14(2)30/h4-5,8-10,13,17-19,26H,3,6-7,11-12H2,1-2H3,(H2,25,31)(H,28,32)/t17?,18-,19+. The summed E-state index contributed by atoms with van der Waals surface area (Å²) in [5.74, 6) is 0.225. The predicted molar refractivity (Wildman–Crippen MR) is 123 cm³/mol. The number of nitrogens with two attached hydrogens (primary N) is 1. The number of carbonyl (C=O) groups excluding carboxylic acids is 3. The topological polar surface area (TPSA) is 117 Å². The molecule has 32 heavy (non-hydrogen) atoms. The Labute approximate surface area is 187 Å². The summed E-state index contributed by atoms with van der Waals surface area (Å²) in [4.78, 5) is 42.9. The van der Waals surface area contributed by atoms with Gasteiger partial charge in [0.05, 0.1) is 5.56 Å². The lowest BCUT2D eigenvalue weighted by atomic mass is 9.96. The molecule has 8 heteroatoms. The molecule has 0 spiro atoms. The van der Waals surface area contributed by atoms with Crippen LogP contribution in [0, 0.1) is 0 Å². The lowest BCUT2D eigenvalue weighted by Crippen LogP contribution is -2.50. The molecule has 1 unspecified atom stereocenters. The van der Waals surface area contributed by atoms with E-state index < -0.39 is 5.91 Å². The number of carbonyl (C=O) groups is 3. The minimum Gasteiger partial charge on any atom is -0.385 e. The molecule has 1 aromatic carbocycles. The van der Waals surface area contributed by atoms with E-state index in [-0.39, 0.29) is 17.7 Å². The second-order valence-electron chi connectivity index (χ2n) is 8.55. The van der Waals surface area contributed by atoms with E-state index in [0.29, 0.717) is 41.0 Å². The van der Waals surface area contributed by atoms with Gasteiger partial charge in [0.2, 0.25) is 0 Å². The first-order chi connectivity index (χ1) is 15.4. The van der Waals surface area contributed by atoms with Crippen molar-refractivity contribution in [3.8, 4) is 0 Å². The Balaban J connectivity index is 1.44. The van der Waals surface area contributed by atoms with Gasteiger partial charge in [-0.05, 0) is 69.9 Å². The molecule has 2 aliphatic heterocycles. The summed E-state index contributed by atoms with van der Waals surface area (Å²) in [5, 5.41) is 6.28. The number of rotatable bonds is 7. The number of piperidine rings is 1. The highest BCUT2D eigenvalue weighted by atomic mass is 16.2. The van der Waals surface area contributed by atoms with E-state index in [1.165, 1.54) is 6.92 Å². The predicted octanol–water partition coefficient (Wildman–Crippen LogP) is 2.74. The van der Waals surface area contributed by atoms with Crippen molar-refractivity contribution in [1.29, 1.82) is 0 Å². The Morgan fingerprint density at radius 3 is 2.34 bits per heavy atom. The van der Waals surface area contributed by atoms with Crippen LogP contribution in [-0.4, -0.2) is 47.3 Å². The molecule has 0 saturated carbocycles. The molecule has 3 heterocycles. The largest absolute Gasteiger partial charge is 0.385 e. The number of nitrogens with zero attached hydrogens (tertiary/aromatic N) is 2. The molecule has 2 saturated heterocycles. The van der Waals surface area contributed by atoms with Crippen molar-refractivity contribution in [2.45, 2.75) is 57.7 Å². The smallest absolute Gasteiger partial charge is 0.251 e. The molecule has 3 atom stereocenters. The Morgan fingerprint density at radius 2 is 1.78 bits per heavy atom. The molecule has 168 valence electrons. The van der Waals surface area contributed by atoms with Crippen molar-refractivity contribution in [3.05, 3.63) is 53.2 Å². The summed E-state index contributed by atoms with van der Waals surface area (Å²) in [5.41, 5.74) is 7.50. The number of primary amides is 1. The van der Waals surface area contributed by atoms with E-state index in [9.17, 15) is 14.4 Å². The molecule has 0 radical (unpaired) electrons. The first kappa shape index (κ1) is 21.8. The summed E-state index contributed by atoms with van der Waals surface area (Å²) >= 11 is 0. The summed E-state index contributed by atoms with van der Waals surface area (Å²) in [6.45, 7) is 4.08. The first-order valence-electron chi connectivity index (χ1n) is 11.1. The van der Waals surface area contributed by atoms with Gasteiger partial charge >= 0.3 is 0 Å². The molecule has 2 amide bonds. The maximum Gasteiger partial charge on any atom is 0.251 e. The summed E-state index contributed by atoms with van der Waals surface area (Å²) in [6, 6.07) is 9.36. The van der Waals surface area contributed by atoms with Crippen LogP contribution < -0.4 is 21.3 Å². The number of pyridine rings is 1. The van der Waals surface area contributed by atoms with Gasteiger partial charge in [-0.3, -0.25) is 14.4 Å². The third-order valence-electron chi connectivity index (χ3n) is 6.40. The third kappa shape index (κ3) is 4.30. The number of benzene rings is 1. The van der Waals surface area contributed by atoms with Gasteiger partial charge in [-0.1, -0.05) is 0 Å². The molecule has 2 fully saturated rings. The van der Waals surface area contributed by atoms with Crippen LogP contribution in [0.15, 0.2) is 36.5 Å². The number of fused-ring (bicyclic) bond motifs is 2. The van der Waals surface area contributed by atoms with Gasteiger partial charge in [0.25, 0.3) is 11.8 Å². The number of nitrogens with one attached hydrogen (secondary N) is 2. The van der Waals surface area contributed by atoms with Crippen molar-refractivity contribution < 1.29 is 14.4 Å². The fourth-order valence-corrected chi connectivity index (χ4v) is 4.92. The van der Waals surface area contributed by atoms with Gasteiger partial charge in [0.15, 0.2) is 5.78 Å². The Hall–Kier alpha value is -3.42. The van der Waals surface area contributed by atoms with Crippen LogP contribution in [0.25, 0.3) is 0 Å². The maximum absolute atomic E-state index is 12.9. The number of amides is 2. The Kier molecular flexibility index (Phi) is 6.12. The third-order valence-corrected chi connectivity index (χ3v) is 6.40. The normalized spacial score (nSPS) is 21.8. The molecule has 2 aromatic rings. The average Bonchev–Trinajstić information content (AvgIpc) is 3.04. The van der Waals surface area contributed by atoms with Crippen molar-refractivity contribution in [2.24, 2.45) is 5.73 Å². The average molecular weight is 436 g/mol. The summed E-state index contributed by atoms with van der Waals surface area (Å²) in [7, 11) is 0. The summed E-state index contributed by atoms with van der Waals surface area (Å²) in [6.07, 6.45) is 5.45. The van der Waals surface area contributed by atoms with Crippen LogP contribution in [0.4, 0.5) is 11.5 Å². The molecular weight excluding hydrogens is 406 g/mol. The second-order valence-corrected chi connectivity index (χ2v) is 8.55. The van der Waals surface area contributed by atoms with Crippen LogP contribution in [0.2, 0.25) is 0 Å². The van der Waals surface area contributed by atoms with E-state index in [4.69, 9.17) is 5.73 Å². The zero-order valence-electron chi connectivity index (χ0n) is 18.4. The minimum atomic E-state index is -0.526. The van der Waals surface area contributed by atoms with Crippen LogP contribution >= 0.6 is 0 Å². The lowest BCUT2D eigenvalue weighted by molar-refractivity contribution is 0.0924. The zero-order valence-corrected chi connectivity index (χ0v) is 18.4. The maximum atomic E-state index is 12.9. The van der Waals surface area contributed by atoms with Crippen molar-refractivity contribution in [3.63, 3.8) is 0 Å². The highest BCUT2D eigenvalue weighted by Crippen LogP contribution is 2.38. The number of ketones is 1. The number of Topliss-reactive ketones (excluding diaryl/α,β-unsaturated/α-hetero) is 1. The highest BCUT2D eigenvalue weighted by molar-refractivity contribution is 6.02. The second kappa shape index (κ2) is 8.98.